The van der Waals surface area contributed by atoms with Crippen molar-refractivity contribution in [3.63, 3.8) is 0 Å². The van der Waals surface area contributed by atoms with Gasteiger partial charge >= 0.3 is 0 Å². The van der Waals surface area contributed by atoms with Crippen LogP contribution < -0.4 is 5.73 Å². The fourth-order valence-corrected chi connectivity index (χ4v) is 3.57. The highest BCUT2D eigenvalue weighted by molar-refractivity contribution is 5.98. The Labute approximate surface area is 113 Å². The van der Waals surface area contributed by atoms with Crippen LogP contribution in [-0.2, 0) is 7.05 Å². The van der Waals surface area contributed by atoms with Gasteiger partial charge in [-0.1, -0.05) is 19.3 Å². The molecule has 1 saturated heterocycles. The van der Waals surface area contributed by atoms with Gasteiger partial charge in [0.1, 0.15) is 11.4 Å². The number of carbonyl (C=O) groups is 1. The summed E-state index contributed by atoms with van der Waals surface area (Å²) in [5.74, 6) is 2.05. The Morgan fingerprint density at radius 2 is 2.05 bits per heavy atom. The van der Waals surface area contributed by atoms with Crippen molar-refractivity contribution in [3.8, 4) is 0 Å². The van der Waals surface area contributed by atoms with E-state index in [4.69, 9.17) is 5.73 Å². The molecule has 0 bridgehead atoms. The summed E-state index contributed by atoms with van der Waals surface area (Å²) in [7, 11) is 1.76. The molecule has 19 heavy (non-hydrogen) atoms. The van der Waals surface area contributed by atoms with Crippen LogP contribution >= 0.6 is 0 Å². The van der Waals surface area contributed by atoms with Gasteiger partial charge in [-0.05, 0) is 24.7 Å². The lowest BCUT2D eigenvalue weighted by atomic mass is 9.75. The van der Waals surface area contributed by atoms with E-state index in [0.717, 1.165) is 25.4 Å². The molecule has 5 heteroatoms. The number of fused-ring (bicyclic) bond motifs is 1. The molecule has 2 heterocycles. The molecule has 1 aliphatic carbocycles. The molecule has 5 nitrogen and oxygen atoms in total. The number of nitrogen functional groups attached to an aromatic ring is 1. The Morgan fingerprint density at radius 3 is 2.74 bits per heavy atom. The van der Waals surface area contributed by atoms with Crippen LogP contribution in [0.1, 0.15) is 42.5 Å². The number of carbonyl (C=O) groups excluding carboxylic acids is 1. The number of hydrogen-bond acceptors (Lipinski definition) is 3. The highest BCUT2D eigenvalue weighted by Crippen LogP contribution is 2.36. The lowest BCUT2D eigenvalue weighted by molar-refractivity contribution is 0.0522. The molecule has 1 aromatic heterocycles. The molecule has 0 radical (unpaired) electrons. The Bertz CT molecular complexity index is 482. The van der Waals surface area contributed by atoms with Crippen molar-refractivity contribution in [1.82, 2.24) is 14.7 Å². The molecule has 104 valence electrons. The SMILES string of the molecule is Cn1ncc(C(=O)N2CCC3CCCCC3C2)c1N. The summed E-state index contributed by atoms with van der Waals surface area (Å²) in [5.41, 5.74) is 6.45. The first-order valence-corrected chi connectivity index (χ1v) is 7.23. The zero-order valence-electron chi connectivity index (χ0n) is 11.5. The molecule has 1 aliphatic heterocycles. The number of anilines is 1. The van der Waals surface area contributed by atoms with E-state index in [1.807, 2.05) is 4.90 Å². The van der Waals surface area contributed by atoms with Crippen LogP contribution in [0, 0.1) is 11.8 Å². The van der Waals surface area contributed by atoms with E-state index in [2.05, 4.69) is 5.10 Å². The van der Waals surface area contributed by atoms with Crippen molar-refractivity contribution < 1.29 is 4.79 Å². The summed E-state index contributed by atoms with van der Waals surface area (Å²) >= 11 is 0. The Balaban J connectivity index is 1.72. The van der Waals surface area contributed by atoms with Crippen LogP contribution in [0.2, 0.25) is 0 Å². The van der Waals surface area contributed by atoms with Crippen molar-refractivity contribution in [3.05, 3.63) is 11.8 Å². The topological polar surface area (TPSA) is 64.2 Å². The van der Waals surface area contributed by atoms with E-state index in [-0.39, 0.29) is 5.91 Å². The third-order valence-electron chi connectivity index (χ3n) is 4.79. The first-order valence-electron chi connectivity index (χ1n) is 7.23. The lowest BCUT2D eigenvalue weighted by Gasteiger charge is -2.41. The number of hydrogen-bond donors (Lipinski definition) is 1. The summed E-state index contributed by atoms with van der Waals surface area (Å²) < 4.78 is 1.56. The van der Waals surface area contributed by atoms with Crippen molar-refractivity contribution in [1.29, 1.82) is 0 Å². The minimum absolute atomic E-state index is 0.0506. The highest BCUT2D eigenvalue weighted by Gasteiger charge is 2.33. The molecule has 1 amide bonds. The summed E-state index contributed by atoms with van der Waals surface area (Å²) in [5, 5.41) is 4.06. The quantitative estimate of drug-likeness (QED) is 0.837. The first-order chi connectivity index (χ1) is 9.16. The summed E-state index contributed by atoms with van der Waals surface area (Å²) in [6.45, 7) is 1.77. The van der Waals surface area contributed by atoms with Crippen LogP contribution in [-0.4, -0.2) is 33.7 Å². The standard InChI is InChI=1S/C14H22N4O/c1-17-13(15)12(8-16-17)14(19)18-7-6-10-4-2-3-5-11(10)9-18/h8,10-11H,2-7,9,15H2,1H3. The van der Waals surface area contributed by atoms with Gasteiger partial charge in [0.2, 0.25) is 0 Å². The largest absolute Gasteiger partial charge is 0.383 e. The van der Waals surface area contributed by atoms with E-state index in [1.54, 1.807) is 17.9 Å². The first kappa shape index (κ1) is 12.5. The van der Waals surface area contributed by atoms with E-state index < -0.39 is 0 Å². The van der Waals surface area contributed by atoms with E-state index in [9.17, 15) is 4.79 Å². The third kappa shape index (κ3) is 2.22. The molecule has 0 spiro atoms. The molecule has 2 fully saturated rings. The van der Waals surface area contributed by atoms with Crippen molar-refractivity contribution in [2.45, 2.75) is 32.1 Å². The monoisotopic (exact) mass is 262 g/mol. The van der Waals surface area contributed by atoms with Crippen molar-refractivity contribution in [2.75, 3.05) is 18.8 Å². The zero-order chi connectivity index (χ0) is 13.4. The molecule has 2 N–H and O–H groups in total. The van der Waals surface area contributed by atoms with Crippen LogP contribution in [0.15, 0.2) is 6.20 Å². The minimum atomic E-state index is 0.0506. The number of aryl methyl sites for hydroxylation is 1. The van der Waals surface area contributed by atoms with Gasteiger partial charge in [0.05, 0.1) is 6.20 Å². The maximum absolute atomic E-state index is 12.5. The van der Waals surface area contributed by atoms with E-state index in [0.29, 0.717) is 17.3 Å². The van der Waals surface area contributed by atoms with E-state index in [1.165, 1.54) is 25.7 Å². The molecule has 2 unspecified atom stereocenters. The number of amides is 1. The summed E-state index contributed by atoms with van der Waals surface area (Å²) in [6, 6.07) is 0. The number of aromatic nitrogens is 2. The van der Waals surface area contributed by atoms with Gasteiger partial charge in [-0.3, -0.25) is 9.48 Å². The van der Waals surface area contributed by atoms with Crippen molar-refractivity contribution in [2.24, 2.45) is 18.9 Å². The Hall–Kier alpha value is -1.52. The molecule has 1 aromatic rings. The average molecular weight is 262 g/mol. The molecule has 3 rings (SSSR count). The summed E-state index contributed by atoms with van der Waals surface area (Å²) in [4.78, 5) is 14.5. The predicted molar refractivity (Wildman–Crippen MR) is 73.6 cm³/mol. The average Bonchev–Trinajstić information content (AvgIpc) is 2.78. The second kappa shape index (κ2) is 4.87. The maximum Gasteiger partial charge on any atom is 0.259 e. The zero-order valence-corrected chi connectivity index (χ0v) is 11.5. The number of nitrogens with zero attached hydrogens (tertiary/aromatic N) is 3. The summed E-state index contributed by atoms with van der Waals surface area (Å²) in [6.07, 6.45) is 8.04. The molecule has 2 aliphatic rings. The minimum Gasteiger partial charge on any atom is -0.383 e. The van der Waals surface area contributed by atoms with Crippen LogP contribution in [0.5, 0.6) is 0 Å². The third-order valence-corrected chi connectivity index (χ3v) is 4.79. The second-order valence-electron chi connectivity index (χ2n) is 5.91. The smallest absolute Gasteiger partial charge is 0.259 e. The number of likely N-dealkylation sites (tertiary alicyclic amines) is 1. The number of nitrogens with two attached hydrogens (primary N) is 1. The predicted octanol–water partition coefficient (Wildman–Crippen LogP) is 1.65. The fourth-order valence-electron chi connectivity index (χ4n) is 3.57. The van der Waals surface area contributed by atoms with Gasteiger partial charge in [-0.25, -0.2) is 0 Å². The van der Waals surface area contributed by atoms with Gasteiger partial charge < -0.3 is 10.6 Å². The molecular weight excluding hydrogens is 240 g/mol. The fraction of sp³-hybridized carbons (Fsp3) is 0.714. The van der Waals surface area contributed by atoms with Gasteiger partial charge in [0.15, 0.2) is 0 Å². The maximum atomic E-state index is 12.5. The Kier molecular flexibility index (Phi) is 3.21. The number of rotatable bonds is 1. The molecule has 0 aromatic carbocycles. The van der Waals surface area contributed by atoms with Crippen LogP contribution in [0.4, 0.5) is 5.82 Å². The second-order valence-corrected chi connectivity index (χ2v) is 5.91. The molecular formula is C14H22N4O. The Morgan fingerprint density at radius 1 is 1.32 bits per heavy atom. The highest BCUT2D eigenvalue weighted by atomic mass is 16.2. The van der Waals surface area contributed by atoms with Gasteiger partial charge in [-0.15, -0.1) is 0 Å². The lowest BCUT2D eigenvalue weighted by Crippen LogP contribution is -2.44. The number of piperidine rings is 1. The van der Waals surface area contributed by atoms with Gasteiger partial charge in [0.25, 0.3) is 5.91 Å². The van der Waals surface area contributed by atoms with Crippen LogP contribution in [0.25, 0.3) is 0 Å². The molecule has 1 saturated carbocycles. The molecule has 2 atom stereocenters. The normalized spacial score (nSPS) is 27.1. The van der Waals surface area contributed by atoms with Crippen molar-refractivity contribution >= 4 is 11.7 Å². The van der Waals surface area contributed by atoms with E-state index >= 15 is 0 Å². The van der Waals surface area contributed by atoms with Gasteiger partial charge in [-0.2, -0.15) is 5.10 Å². The van der Waals surface area contributed by atoms with Crippen LogP contribution in [0.3, 0.4) is 0 Å². The van der Waals surface area contributed by atoms with Gasteiger partial charge in [0, 0.05) is 20.1 Å².